The van der Waals surface area contributed by atoms with Gasteiger partial charge in [-0.05, 0) is 26.7 Å². The van der Waals surface area contributed by atoms with Crippen molar-refractivity contribution < 1.29 is 19.1 Å². The Hall–Kier alpha value is -0.810. The van der Waals surface area contributed by atoms with Crippen LogP contribution in [0.4, 0.5) is 0 Å². The second kappa shape index (κ2) is 11.7. The van der Waals surface area contributed by atoms with Crippen LogP contribution in [0.15, 0.2) is 4.51 Å². The molecule has 0 aromatic rings. The lowest BCUT2D eigenvalue weighted by Gasteiger charge is -2.23. The van der Waals surface area contributed by atoms with Crippen molar-refractivity contribution in [3.8, 4) is 0 Å². The Labute approximate surface area is 142 Å². The highest BCUT2D eigenvalue weighted by atomic mass is 35.5. The zero-order chi connectivity index (χ0) is 17.0. The average molecular weight is 354 g/mol. The second-order valence-electron chi connectivity index (χ2n) is 4.79. The third-order valence-corrected chi connectivity index (χ3v) is 3.86. The average Bonchev–Trinajstić information content (AvgIpc) is 2.50. The topological polar surface area (TPSA) is 65.0 Å². The van der Waals surface area contributed by atoms with Gasteiger partial charge in [0, 0.05) is 11.8 Å². The Morgan fingerprint density at radius 3 is 1.86 bits per heavy atom. The number of carbonyl (C=O) groups excluding carboxylic acids is 2. The number of alkyl halides is 1. The predicted molar refractivity (Wildman–Crippen MR) is 88.5 cm³/mol. The minimum Gasteiger partial charge on any atom is -0.464 e. The Kier molecular flexibility index (Phi) is 11.3. The van der Waals surface area contributed by atoms with Crippen molar-refractivity contribution in [2.24, 2.45) is 4.51 Å². The van der Waals surface area contributed by atoms with Gasteiger partial charge in [0.25, 0.3) is 4.87 Å². The van der Waals surface area contributed by atoms with Crippen LogP contribution in [0.5, 0.6) is 0 Å². The van der Waals surface area contributed by atoms with Gasteiger partial charge < -0.3 is 9.47 Å². The highest BCUT2D eigenvalue weighted by molar-refractivity contribution is 6.57. The molecule has 22 heavy (non-hydrogen) atoms. The van der Waals surface area contributed by atoms with Crippen molar-refractivity contribution in [2.75, 3.05) is 13.2 Å². The number of hydrogen-bond donors (Lipinski definition) is 0. The fourth-order valence-corrected chi connectivity index (χ4v) is 2.45. The first-order valence-corrected chi connectivity index (χ1v) is 8.42. The van der Waals surface area contributed by atoms with Crippen LogP contribution in [-0.4, -0.2) is 35.7 Å². The molecule has 0 unspecified atom stereocenters. The van der Waals surface area contributed by atoms with Crippen LogP contribution < -0.4 is 0 Å². The zero-order valence-corrected chi connectivity index (χ0v) is 15.0. The summed E-state index contributed by atoms with van der Waals surface area (Å²) >= 11 is 11.8. The molecule has 0 aliphatic carbocycles. The van der Waals surface area contributed by atoms with Crippen molar-refractivity contribution in [1.29, 1.82) is 0 Å². The first-order valence-electron chi connectivity index (χ1n) is 7.70. The van der Waals surface area contributed by atoms with Crippen LogP contribution in [0.25, 0.3) is 0 Å². The van der Waals surface area contributed by atoms with E-state index in [1.54, 1.807) is 13.8 Å². The lowest BCUT2D eigenvalue weighted by Crippen LogP contribution is -2.50. The third-order valence-electron chi connectivity index (χ3n) is 3.13. The molecule has 5 nitrogen and oxygen atoms in total. The largest absolute Gasteiger partial charge is 0.464 e. The van der Waals surface area contributed by atoms with Crippen LogP contribution in [0.2, 0.25) is 0 Å². The summed E-state index contributed by atoms with van der Waals surface area (Å²) in [5, 5.41) is 0. The second-order valence-corrected chi connectivity index (χ2v) is 5.53. The summed E-state index contributed by atoms with van der Waals surface area (Å²) in [4.78, 5) is 22.1. The van der Waals surface area contributed by atoms with Crippen molar-refractivity contribution in [3.63, 3.8) is 0 Å². The number of halogens is 2. The molecule has 0 bridgehead atoms. The van der Waals surface area contributed by atoms with Gasteiger partial charge in [-0.2, -0.15) is 4.51 Å². The number of nitrogens with zero attached hydrogens (tertiary/aromatic N) is 1. The highest BCUT2D eigenvalue weighted by Gasteiger charge is 2.52. The van der Waals surface area contributed by atoms with E-state index in [0.717, 1.165) is 32.1 Å². The van der Waals surface area contributed by atoms with Crippen LogP contribution in [0.3, 0.4) is 0 Å². The molecule has 0 atom stereocenters. The summed E-state index contributed by atoms with van der Waals surface area (Å²) in [5.74, 6) is -1.80. The molecule has 0 fully saturated rings. The molecule has 0 saturated heterocycles. The fraction of sp³-hybridized carbons (Fsp3) is 0.800. The Morgan fingerprint density at radius 2 is 1.45 bits per heavy atom. The molecule has 0 N–H and O–H groups in total. The van der Waals surface area contributed by atoms with Crippen LogP contribution in [-0.2, 0) is 19.1 Å². The molecule has 0 aliphatic rings. The smallest absolute Gasteiger partial charge is 0.344 e. The number of rotatable bonds is 11. The van der Waals surface area contributed by atoms with Crippen molar-refractivity contribution in [3.05, 3.63) is 0 Å². The minimum atomic E-state index is -2.10. The summed E-state index contributed by atoms with van der Waals surface area (Å²) in [5.41, 5.74) is 0.0734. The van der Waals surface area contributed by atoms with Gasteiger partial charge in [0.05, 0.1) is 18.9 Å². The van der Waals surface area contributed by atoms with Crippen molar-refractivity contribution >= 4 is 41.0 Å². The lowest BCUT2D eigenvalue weighted by atomic mass is 9.96. The van der Waals surface area contributed by atoms with Gasteiger partial charge in [0.15, 0.2) is 0 Å². The number of hydrogen-bond acceptors (Lipinski definition) is 5. The Balaban J connectivity index is 5.03. The van der Waals surface area contributed by atoms with E-state index in [4.69, 9.17) is 32.9 Å². The summed E-state index contributed by atoms with van der Waals surface area (Å²) in [7, 11) is 0. The first-order chi connectivity index (χ1) is 10.5. The Morgan fingerprint density at radius 1 is 0.955 bits per heavy atom. The molecule has 0 aliphatic heterocycles. The van der Waals surface area contributed by atoms with Gasteiger partial charge >= 0.3 is 11.9 Å². The van der Waals surface area contributed by atoms with E-state index in [1.165, 1.54) is 0 Å². The molecular weight excluding hydrogens is 329 g/mol. The summed E-state index contributed by atoms with van der Waals surface area (Å²) in [6.45, 7) is 5.57. The van der Waals surface area contributed by atoms with Crippen molar-refractivity contribution in [1.82, 2.24) is 0 Å². The van der Waals surface area contributed by atoms with Gasteiger partial charge in [-0.1, -0.05) is 44.2 Å². The summed E-state index contributed by atoms with van der Waals surface area (Å²) in [6.07, 6.45) is 5.35. The van der Waals surface area contributed by atoms with Crippen LogP contribution in [0.1, 0.15) is 59.3 Å². The molecule has 0 aromatic carbocycles. The number of carbonyl (C=O) groups is 2. The molecule has 0 saturated carbocycles. The summed E-state index contributed by atoms with van der Waals surface area (Å²) < 4.78 is 13.3. The molecule has 0 amide bonds. The van der Waals surface area contributed by atoms with Crippen LogP contribution in [0, 0.1) is 0 Å². The zero-order valence-electron chi connectivity index (χ0n) is 13.5. The standard InChI is InChI=1S/C15H25Cl2NO4/c1-4-7-8-9-10-11-12(18-17)15(16,13(19)21-5-2)14(20)22-6-3/h4-11H2,1-3H3/b18-12+. The normalized spacial score (nSPS) is 12.1. The SMILES string of the molecule is CCCCCCC/C(=N\Cl)C(Cl)(C(=O)OCC)C(=O)OCC. The lowest BCUT2D eigenvalue weighted by molar-refractivity contribution is -0.156. The maximum Gasteiger partial charge on any atom is 0.344 e. The molecule has 0 rings (SSSR count). The minimum absolute atomic E-state index is 0.0734. The number of unbranched alkanes of at least 4 members (excludes halogenated alkanes) is 4. The molecule has 0 spiro atoms. The number of ether oxygens (including phenoxy) is 2. The molecule has 0 heterocycles. The van der Waals surface area contributed by atoms with E-state index in [9.17, 15) is 9.59 Å². The van der Waals surface area contributed by atoms with E-state index in [1.807, 2.05) is 0 Å². The third kappa shape index (κ3) is 6.13. The van der Waals surface area contributed by atoms with E-state index < -0.39 is 16.8 Å². The van der Waals surface area contributed by atoms with Gasteiger partial charge in [0.2, 0.25) is 0 Å². The maximum absolute atomic E-state index is 12.1. The maximum atomic E-state index is 12.1. The van der Waals surface area contributed by atoms with Gasteiger partial charge in [-0.15, -0.1) is 0 Å². The molecule has 128 valence electrons. The first kappa shape index (κ1) is 21.2. The fourth-order valence-electron chi connectivity index (χ4n) is 1.95. The van der Waals surface area contributed by atoms with Gasteiger partial charge in [0.1, 0.15) is 0 Å². The predicted octanol–water partition coefficient (Wildman–Crippen LogP) is 4.05. The number of esters is 2. The van der Waals surface area contributed by atoms with Gasteiger partial charge in [-0.25, -0.2) is 9.59 Å². The highest BCUT2D eigenvalue weighted by Crippen LogP contribution is 2.26. The van der Waals surface area contributed by atoms with Gasteiger partial charge in [-0.3, -0.25) is 0 Å². The monoisotopic (exact) mass is 353 g/mol. The molecular formula is C15H25Cl2NO4. The van der Waals surface area contributed by atoms with E-state index >= 15 is 0 Å². The summed E-state index contributed by atoms with van der Waals surface area (Å²) in [6, 6.07) is 0. The molecule has 0 aromatic heterocycles. The van der Waals surface area contributed by atoms with E-state index in [2.05, 4.69) is 11.4 Å². The molecule has 0 radical (unpaired) electrons. The van der Waals surface area contributed by atoms with Crippen LogP contribution >= 0.6 is 23.4 Å². The van der Waals surface area contributed by atoms with Crippen molar-refractivity contribution in [2.45, 2.75) is 64.2 Å². The van der Waals surface area contributed by atoms with E-state index in [-0.39, 0.29) is 18.9 Å². The molecule has 7 heteroatoms. The Bertz CT molecular complexity index is 368. The quantitative estimate of drug-likeness (QED) is 0.185. The van der Waals surface area contributed by atoms with E-state index in [0.29, 0.717) is 6.42 Å².